The Bertz CT molecular complexity index is 1030. The SMILES string of the molecule is Clc1ccc2c(CCNCc3cccc(Oc4ccccc4)c3)c[nH]c2c1. The third-order valence-corrected chi connectivity index (χ3v) is 4.74. The number of ether oxygens (including phenoxy) is 1. The minimum atomic E-state index is 0.756. The fraction of sp³-hybridized carbons (Fsp3) is 0.130. The lowest BCUT2D eigenvalue weighted by molar-refractivity contribution is 0.481. The maximum Gasteiger partial charge on any atom is 0.127 e. The standard InChI is InChI=1S/C23H21ClN2O/c24-19-9-10-22-18(16-26-23(22)14-19)11-12-25-15-17-5-4-8-21(13-17)27-20-6-2-1-3-7-20/h1-10,13-14,16,25-26H,11-12,15H2. The van der Waals surface area contributed by atoms with Gasteiger partial charge in [0.2, 0.25) is 0 Å². The van der Waals surface area contributed by atoms with Crippen LogP contribution < -0.4 is 10.1 Å². The van der Waals surface area contributed by atoms with Crippen molar-refractivity contribution in [2.24, 2.45) is 0 Å². The van der Waals surface area contributed by atoms with Crippen molar-refractivity contribution in [2.75, 3.05) is 6.54 Å². The quantitative estimate of drug-likeness (QED) is 0.391. The Hall–Kier alpha value is -2.75. The predicted octanol–water partition coefficient (Wildman–Crippen LogP) is 5.95. The van der Waals surface area contributed by atoms with Gasteiger partial charge < -0.3 is 15.0 Å². The molecule has 3 aromatic carbocycles. The van der Waals surface area contributed by atoms with Crippen molar-refractivity contribution in [3.63, 3.8) is 0 Å². The van der Waals surface area contributed by atoms with E-state index in [9.17, 15) is 0 Å². The largest absolute Gasteiger partial charge is 0.457 e. The minimum Gasteiger partial charge on any atom is -0.457 e. The Kier molecular flexibility index (Phi) is 5.42. The van der Waals surface area contributed by atoms with Gasteiger partial charge in [-0.25, -0.2) is 0 Å². The van der Waals surface area contributed by atoms with Gasteiger partial charge in [0.1, 0.15) is 11.5 Å². The fourth-order valence-electron chi connectivity index (χ4n) is 3.16. The zero-order valence-corrected chi connectivity index (χ0v) is 15.7. The molecule has 2 N–H and O–H groups in total. The van der Waals surface area contributed by atoms with Crippen LogP contribution in [0.15, 0.2) is 79.0 Å². The van der Waals surface area contributed by atoms with E-state index in [1.54, 1.807) is 0 Å². The van der Waals surface area contributed by atoms with Crippen LogP contribution in [0.3, 0.4) is 0 Å². The molecular weight excluding hydrogens is 356 g/mol. The highest BCUT2D eigenvalue weighted by molar-refractivity contribution is 6.31. The van der Waals surface area contributed by atoms with Crippen LogP contribution >= 0.6 is 11.6 Å². The van der Waals surface area contributed by atoms with Gasteiger partial charge in [0.25, 0.3) is 0 Å². The lowest BCUT2D eigenvalue weighted by atomic mass is 10.1. The fourth-order valence-corrected chi connectivity index (χ4v) is 3.34. The topological polar surface area (TPSA) is 37.0 Å². The number of halogens is 1. The van der Waals surface area contributed by atoms with Gasteiger partial charge in [-0.1, -0.05) is 48.0 Å². The molecule has 136 valence electrons. The molecule has 0 atom stereocenters. The Labute approximate surface area is 163 Å². The molecule has 0 radical (unpaired) electrons. The maximum absolute atomic E-state index is 6.04. The smallest absolute Gasteiger partial charge is 0.127 e. The highest BCUT2D eigenvalue weighted by Crippen LogP contribution is 2.23. The lowest BCUT2D eigenvalue weighted by Gasteiger charge is -2.09. The molecule has 0 saturated carbocycles. The van der Waals surface area contributed by atoms with Gasteiger partial charge >= 0.3 is 0 Å². The Morgan fingerprint density at radius 2 is 1.74 bits per heavy atom. The van der Waals surface area contributed by atoms with Crippen LogP contribution in [-0.2, 0) is 13.0 Å². The third kappa shape index (κ3) is 4.51. The second kappa shape index (κ2) is 8.30. The predicted molar refractivity (Wildman–Crippen MR) is 112 cm³/mol. The number of nitrogens with one attached hydrogen (secondary N) is 2. The summed E-state index contributed by atoms with van der Waals surface area (Å²) < 4.78 is 5.90. The van der Waals surface area contributed by atoms with Crippen molar-refractivity contribution in [3.05, 3.63) is 95.1 Å². The zero-order valence-electron chi connectivity index (χ0n) is 14.9. The molecule has 0 unspecified atom stereocenters. The van der Waals surface area contributed by atoms with E-state index >= 15 is 0 Å². The molecule has 27 heavy (non-hydrogen) atoms. The number of para-hydroxylation sites is 1. The van der Waals surface area contributed by atoms with E-state index in [0.29, 0.717) is 0 Å². The number of aromatic nitrogens is 1. The van der Waals surface area contributed by atoms with Crippen LogP contribution in [0.4, 0.5) is 0 Å². The first-order valence-electron chi connectivity index (χ1n) is 9.06. The van der Waals surface area contributed by atoms with Crippen LogP contribution in [0.1, 0.15) is 11.1 Å². The molecule has 3 nitrogen and oxygen atoms in total. The average Bonchev–Trinajstić information content (AvgIpc) is 3.08. The second-order valence-electron chi connectivity index (χ2n) is 6.49. The Morgan fingerprint density at radius 3 is 2.63 bits per heavy atom. The van der Waals surface area contributed by atoms with Crippen molar-refractivity contribution in [1.82, 2.24) is 10.3 Å². The summed E-state index contributed by atoms with van der Waals surface area (Å²) in [6, 6.07) is 24.0. The molecule has 4 heteroatoms. The first-order valence-corrected chi connectivity index (χ1v) is 9.44. The summed E-state index contributed by atoms with van der Waals surface area (Å²) in [5.74, 6) is 1.70. The van der Waals surface area contributed by atoms with Gasteiger partial charge in [-0.2, -0.15) is 0 Å². The maximum atomic E-state index is 6.04. The van der Waals surface area contributed by atoms with Crippen LogP contribution in [0, 0.1) is 0 Å². The molecule has 4 rings (SSSR count). The molecule has 0 aliphatic rings. The van der Waals surface area contributed by atoms with E-state index < -0.39 is 0 Å². The molecule has 1 heterocycles. The molecule has 0 spiro atoms. The normalized spacial score (nSPS) is 11.0. The summed E-state index contributed by atoms with van der Waals surface area (Å²) in [5.41, 5.74) is 3.59. The van der Waals surface area contributed by atoms with Crippen molar-refractivity contribution >= 4 is 22.5 Å². The lowest BCUT2D eigenvalue weighted by Crippen LogP contribution is -2.16. The number of fused-ring (bicyclic) bond motifs is 1. The summed E-state index contributed by atoms with van der Waals surface area (Å²) in [7, 11) is 0. The molecule has 0 amide bonds. The van der Waals surface area contributed by atoms with Gasteiger partial charge in [-0.3, -0.25) is 0 Å². The minimum absolute atomic E-state index is 0.756. The monoisotopic (exact) mass is 376 g/mol. The van der Waals surface area contributed by atoms with Crippen LogP contribution in [0.5, 0.6) is 11.5 Å². The molecular formula is C23H21ClN2O. The van der Waals surface area contributed by atoms with E-state index in [4.69, 9.17) is 16.3 Å². The number of hydrogen-bond acceptors (Lipinski definition) is 2. The van der Waals surface area contributed by atoms with Crippen molar-refractivity contribution < 1.29 is 4.74 Å². The van der Waals surface area contributed by atoms with E-state index in [1.807, 2.05) is 54.6 Å². The van der Waals surface area contributed by atoms with Crippen LogP contribution in [-0.4, -0.2) is 11.5 Å². The number of hydrogen-bond donors (Lipinski definition) is 2. The Balaban J connectivity index is 1.32. The summed E-state index contributed by atoms with van der Waals surface area (Å²) >= 11 is 6.04. The van der Waals surface area contributed by atoms with Crippen LogP contribution in [0.25, 0.3) is 10.9 Å². The average molecular weight is 377 g/mol. The first-order chi connectivity index (χ1) is 13.3. The zero-order chi connectivity index (χ0) is 18.5. The van der Waals surface area contributed by atoms with Crippen molar-refractivity contribution in [1.29, 1.82) is 0 Å². The number of aromatic amines is 1. The summed E-state index contributed by atoms with van der Waals surface area (Å²) in [6.07, 6.45) is 3.03. The number of benzene rings is 3. The molecule has 0 aliphatic carbocycles. The first kappa shape index (κ1) is 17.7. The van der Waals surface area contributed by atoms with Gasteiger partial charge in [-0.15, -0.1) is 0 Å². The van der Waals surface area contributed by atoms with E-state index in [0.717, 1.165) is 41.5 Å². The summed E-state index contributed by atoms with van der Waals surface area (Å²) in [6.45, 7) is 1.71. The molecule has 0 fully saturated rings. The highest BCUT2D eigenvalue weighted by atomic mass is 35.5. The number of H-pyrrole nitrogens is 1. The summed E-state index contributed by atoms with van der Waals surface area (Å²) in [5, 5.41) is 5.50. The molecule has 4 aromatic rings. The third-order valence-electron chi connectivity index (χ3n) is 4.51. The molecule has 0 saturated heterocycles. The molecule has 1 aromatic heterocycles. The molecule has 0 bridgehead atoms. The Morgan fingerprint density at radius 1 is 0.889 bits per heavy atom. The second-order valence-corrected chi connectivity index (χ2v) is 6.93. The van der Waals surface area contributed by atoms with Gasteiger partial charge in [0.05, 0.1) is 0 Å². The summed E-state index contributed by atoms with van der Waals surface area (Å²) in [4.78, 5) is 3.29. The van der Waals surface area contributed by atoms with Gasteiger partial charge in [-0.05, 0) is 60.5 Å². The van der Waals surface area contributed by atoms with E-state index in [1.165, 1.54) is 16.5 Å². The van der Waals surface area contributed by atoms with Gasteiger partial charge in [0.15, 0.2) is 0 Å². The van der Waals surface area contributed by atoms with Crippen molar-refractivity contribution in [2.45, 2.75) is 13.0 Å². The van der Waals surface area contributed by atoms with E-state index in [-0.39, 0.29) is 0 Å². The molecule has 0 aliphatic heterocycles. The van der Waals surface area contributed by atoms with Crippen molar-refractivity contribution in [3.8, 4) is 11.5 Å². The number of rotatable bonds is 7. The highest BCUT2D eigenvalue weighted by Gasteiger charge is 2.04. The van der Waals surface area contributed by atoms with Gasteiger partial charge in [0, 0.05) is 28.7 Å². The van der Waals surface area contributed by atoms with Crippen LogP contribution in [0.2, 0.25) is 5.02 Å². The van der Waals surface area contributed by atoms with E-state index in [2.05, 4.69) is 34.7 Å².